The first-order chi connectivity index (χ1) is 10.4. The molecule has 1 N–H and O–H groups in total. The molecule has 116 valence electrons. The van der Waals surface area contributed by atoms with Gasteiger partial charge in [-0.15, -0.1) is 0 Å². The third-order valence-electron chi connectivity index (χ3n) is 3.81. The Balaban J connectivity index is 1.80. The molecule has 0 bridgehead atoms. The molecule has 3 rings (SSSR count). The number of carbonyl (C=O) groups is 2. The summed E-state index contributed by atoms with van der Waals surface area (Å²) in [4.78, 5) is 37.4. The molecule has 8 heteroatoms. The van der Waals surface area contributed by atoms with E-state index in [1.807, 2.05) is 6.92 Å². The van der Waals surface area contributed by atoms with Gasteiger partial charge in [0.15, 0.2) is 5.54 Å². The first-order valence-electron chi connectivity index (χ1n) is 6.76. The number of aryl methyl sites for hydroxylation is 1. The molecule has 0 radical (unpaired) electrons. The molecule has 0 unspecified atom stereocenters. The van der Waals surface area contributed by atoms with Gasteiger partial charge in [0.05, 0.1) is 6.26 Å². The van der Waals surface area contributed by atoms with E-state index in [0.29, 0.717) is 5.76 Å². The summed E-state index contributed by atoms with van der Waals surface area (Å²) in [7, 11) is 0. The SMILES string of the molecule is Cc1csc(=O)n1CCN1C(=O)N[C@@](C)(c2ccco2)C1=O. The van der Waals surface area contributed by atoms with Crippen LogP contribution in [0.5, 0.6) is 0 Å². The van der Waals surface area contributed by atoms with Gasteiger partial charge in [0.2, 0.25) is 0 Å². The minimum absolute atomic E-state index is 0.0987. The van der Waals surface area contributed by atoms with Crippen LogP contribution in [0.4, 0.5) is 4.79 Å². The monoisotopic (exact) mass is 321 g/mol. The lowest BCUT2D eigenvalue weighted by atomic mass is 9.99. The number of urea groups is 1. The molecule has 3 heterocycles. The molecule has 3 amide bonds. The minimum atomic E-state index is -1.20. The van der Waals surface area contributed by atoms with Gasteiger partial charge in [-0.1, -0.05) is 11.3 Å². The molecule has 0 spiro atoms. The second-order valence-electron chi connectivity index (χ2n) is 5.28. The summed E-state index contributed by atoms with van der Waals surface area (Å²) in [5.41, 5.74) is -0.384. The lowest BCUT2D eigenvalue weighted by molar-refractivity contribution is -0.131. The number of nitrogens with one attached hydrogen (secondary N) is 1. The topological polar surface area (TPSA) is 84.6 Å². The highest BCUT2D eigenvalue weighted by Gasteiger charge is 2.50. The number of carbonyl (C=O) groups excluding carboxylic acids is 2. The van der Waals surface area contributed by atoms with Crippen LogP contribution in [0.1, 0.15) is 18.4 Å². The lowest BCUT2D eigenvalue weighted by Crippen LogP contribution is -2.41. The van der Waals surface area contributed by atoms with Crippen molar-refractivity contribution in [2.24, 2.45) is 0 Å². The molecule has 0 aliphatic carbocycles. The number of rotatable bonds is 4. The van der Waals surface area contributed by atoms with Gasteiger partial charge < -0.3 is 14.3 Å². The van der Waals surface area contributed by atoms with Crippen molar-refractivity contribution >= 4 is 23.3 Å². The van der Waals surface area contributed by atoms with Crippen molar-refractivity contribution in [3.8, 4) is 0 Å². The maximum Gasteiger partial charge on any atom is 0.325 e. The van der Waals surface area contributed by atoms with E-state index in [1.54, 1.807) is 29.0 Å². The standard InChI is InChI=1S/C14H15N3O4S/c1-9-8-22-13(20)16(9)5-6-17-11(18)14(2,15-12(17)19)10-4-3-7-21-10/h3-4,7-8H,5-6H2,1-2H3,(H,15,19)/t14-/m0/s1. The van der Waals surface area contributed by atoms with Crippen molar-refractivity contribution in [1.82, 2.24) is 14.8 Å². The zero-order valence-corrected chi connectivity index (χ0v) is 13.0. The van der Waals surface area contributed by atoms with E-state index >= 15 is 0 Å². The molecule has 1 fully saturated rings. The Hall–Kier alpha value is -2.35. The van der Waals surface area contributed by atoms with Crippen LogP contribution >= 0.6 is 11.3 Å². The molecule has 0 saturated carbocycles. The molecule has 1 saturated heterocycles. The number of imide groups is 1. The number of nitrogens with zero attached hydrogens (tertiary/aromatic N) is 2. The summed E-state index contributed by atoms with van der Waals surface area (Å²) < 4.78 is 6.81. The summed E-state index contributed by atoms with van der Waals surface area (Å²) in [6.07, 6.45) is 1.46. The number of thiazole rings is 1. The molecule has 2 aromatic rings. The molecular weight excluding hydrogens is 306 g/mol. The van der Waals surface area contributed by atoms with Crippen LogP contribution in [0.2, 0.25) is 0 Å². The Morgan fingerprint density at radius 2 is 2.09 bits per heavy atom. The second-order valence-corrected chi connectivity index (χ2v) is 6.10. The van der Waals surface area contributed by atoms with Crippen LogP contribution in [0.3, 0.4) is 0 Å². The van der Waals surface area contributed by atoms with Crippen LogP contribution in [0.15, 0.2) is 33.0 Å². The summed E-state index contributed by atoms with van der Waals surface area (Å²) in [6, 6.07) is 2.83. The Morgan fingerprint density at radius 1 is 1.32 bits per heavy atom. The Kier molecular flexibility index (Phi) is 3.40. The third kappa shape index (κ3) is 2.16. The fraction of sp³-hybridized carbons (Fsp3) is 0.357. The van der Waals surface area contributed by atoms with Crippen molar-refractivity contribution in [3.63, 3.8) is 0 Å². The molecule has 2 aromatic heterocycles. The zero-order chi connectivity index (χ0) is 15.9. The van der Waals surface area contributed by atoms with Crippen molar-refractivity contribution in [1.29, 1.82) is 0 Å². The summed E-state index contributed by atoms with van der Waals surface area (Å²) in [6.45, 7) is 3.84. The summed E-state index contributed by atoms with van der Waals surface area (Å²) in [5, 5.41) is 4.40. The maximum atomic E-state index is 12.6. The predicted octanol–water partition coefficient (Wildman–Crippen LogP) is 1.28. The highest BCUT2D eigenvalue weighted by atomic mass is 32.1. The van der Waals surface area contributed by atoms with E-state index in [1.165, 1.54) is 6.26 Å². The molecule has 7 nitrogen and oxygen atoms in total. The van der Waals surface area contributed by atoms with E-state index < -0.39 is 11.6 Å². The van der Waals surface area contributed by atoms with E-state index in [-0.39, 0.29) is 23.9 Å². The van der Waals surface area contributed by atoms with Gasteiger partial charge in [0, 0.05) is 24.2 Å². The van der Waals surface area contributed by atoms with Crippen molar-refractivity contribution < 1.29 is 14.0 Å². The van der Waals surface area contributed by atoms with Gasteiger partial charge >= 0.3 is 10.9 Å². The predicted molar refractivity (Wildman–Crippen MR) is 79.6 cm³/mol. The third-order valence-corrected chi connectivity index (χ3v) is 4.69. The van der Waals surface area contributed by atoms with Gasteiger partial charge in [-0.3, -0.25) is 14.5 Å². The van der Waals surface area contributed by atoms with Crippen LogP contribution in [-0.4, -0.2) is 28.0 Å². The highest BCUT2D eigenvalue weighted by Crippen LogP contribution is 2.28. The van der Waals surface area contributed by atoms with Crippen LogP contribution in [0.25, 0.3) is 0 Å². The zero-order valence-electron chi connectivity index (χ0n) is 12.2. The van der Waals surface area contributed by atoms with Crippen LogP contribution < -0.4 is 10.2 Å². The van der Waals surface area contributed by atoms with E-state index in [9.17, 15) is 14.4 Å². The molecule has 1 atom stereocenters. The number of aromatic nitrogens is 1. The fourth-order valence-electron chi connectivity index (χ4n) is 2.50. The molecule has 1 aliphatic heterocycles. The van der Waals surface area contributed by atoms with Gasteiger partial charge in [-0.05, 0) is 26.0 Å². The number of hydrogen-bond donors (Lipinski definition) is 1. The van der Waals surface area contributed by atoms with E-state index in [2.05, 4.69) is 5.32 Å². The Bertz CT molecular complexity index is 776. The largest absolute Gasteiger partial charge is 0.466 e. The van der Waals surface area contributed by atoms with Gasteiger partial charge in [-0.25, -0.2) is 4.79 Å². The van der Waals surface area contributed by atoms with Crippen LogP contribution in [0, 0.1) is 6.92 Å². The molecule has 0 aromatic carbocycles. The molecular formula is C14H15N3O4S. The fourth-order valence-corrected chi connectivity index (χ4v) is 3.27. The van der Waals surface area contributed by atoms with Gasteiger partial charge in [-0.2, -0.15) is 0 Å². The van der Waals surface area contributed by atoms with Crippen molar-refractivity contribution in [2.45, 2.75) is 25.9 Å². The Morgan fingerprint density at radius 3 is 2.68 bits per heavy atom. The van der Waals surface area contributed by atoms with E-state index in [0.717, 1.165) is 21.9 Å². The van der Waals surface area contributed by atoms with Crippen molar-refractivity contribution in [2.75, 3.05) is 6.54 Å². The summed E-state index contributed by atoms with van der Waals surface area (Å²) >= 11 is 1.10. The summed E-state index contributed by atoms with van der Waals surface area (Å²) in [5.74, 6) is 0.00520. The smallest absolute Gasteiger partial charge is 0.325 e. The molecule has 22 heavy (non-hydrogen) atoms. The first-order valence-corrected chi connectivity index (χ1v) is 7.64. The van der Waals surface area contributed by atoms with Crippen LogP contribution in [-0.2, 0) is 16.9 Å². The van der Waals surface area contributed by atoms with Gasteiger partial charge in [0.1, 0.15) is 5.76 Å². The average Bonchev–Trinajstić information content (AvgIpc) is 3.15. The van der Waals surface area contributed by atoms with E-state index in [4.69, 9.17) is 4.42 Å². The maximum absolute atomic E-state index is 12.6. The van der Waals surface area contributed by atoms with Crippen molar-refractivity contribution in [3.05, 3.63) is 44.9 Å². The number of amides is 3. The number of hydrogen-bond acceptors (Lipinski definition) is 5. The lowest BCUT2D eigenvalue weighted by Gasteiger charge is -2.19. The Labute approximate surface area is 130 Å². The number of furan rings is 1. The average molecular weight is 321 g/mol. The normalized spacial score (nSPS) is 21.5. The highest BCUT2D eigenvalue weighted by molar-refractivity contribution is 7.07. The second kappa shape index (κ2) is 5.13. The quantitative estimate of drug-likeness (QED) is 0.860. The first kappa shape index (κ1) is 14.6. The molecule has 1 aliphatic rings. The van der Waals surface area contributed by atoms with Gasteiger partial charge in [0.25, 0.3) is 5.91 Å². The minimum Gasteiger partial charge on any atom is -0.466 e.